The fourth-order valence-electron chi connectivity index (χ4n) is 4.70. The molecule has 1 aliphatic heterocycles. The molecule has 0 radical (unpaired) electrons. The number of aryl methyl sites for hydroxylation is 1. The number of carbonyl (C=O) groups is 2. The molecule has 2 aliphatic rings. The van der Waals surface area contributed by atoms with Gasteiger partial charge in [0.05, 0.1) is 36.9 Å². The molecule has 1 aromatic carbocycles. The number of aromatic amines is 1. The summed E-state index contributed by atoms with van der Waals surface area (Å²) < 4.78 is 1.95. The lowest BCUT2D eigenvalue weighted by Gasteiger charge is -2.32. The Morgan fingerprint density at radius 1 is 1.28 bits per heavy atom. The highest BCUT2D eigenvalue weighted by Gasteiger charge is 2.34. The normalized spacial score (nSPS) is 18.4. The zero-order valence-corrected chi connectivity index (χ0v) is 16.6. The van der Waals surface area contributed by atoms with Crippen LogP contribution in [-0.2, 0) is 35.6 Å². The maximum atomic E-state index is 13.4. The van der Waals surface area contributed by atoms with Gasteiger partial charge in [-0.05, 0) is 37.0 Å². The van der Waals surface area contributed by atoms with Crippen LogP contribution in [0, 0.1) is 0 Å². The predicted molar refractivity (Wildman–Crippen MR) is 109 cm³/mol. The standard InChI is InChI=1S/C22H25N5O2/c1-14(28)23-12-15-11-16-13-26(9-10-27(16)25-15)22(29)19-7-4-6-18-17-5-2-3-8-20(17)24-21(18)19/h2-3,5,8,11,19,24H,4,6-7,9-10,12-13H2,1H3,(H,23,28)/t19-/m1/s1. The number of aromatic nitrogens is 3. The van der Waals surface area contributed by atoms with E-state index in [2.05, 4.69) is 33.6 Å². The summed E-state index contributed by atoms with van der Waals surface area (Å²) in [4.78, 5) is 30.1. The third-order valence-electron chi connectivity index (χ3n) is 6.09. The van der Waals surface area contributed by atoms with E-state index in [9.17, 15) is 9.59 Å². The minimum atomic E-state index is -0.0977. The highest BCUT2D eigenvalue weighted by atomic mass is 16.2. The van der Waals surface area contributed by atoms with Crippen LogP contribution in [0.3, 0.4) is 0 Å². The Labute approximate surface area is 169 Å². The van der Waals surface area contributed by atoms with Gasteiger partial charge in [0.2, 0.25) is 11.8 Å². The number of H-pyrrole nitrogens is 1. The smallest absolute Gasteiger partial charge is 0.232 e. The molecule has 1 atom stereocenters. The zero-order chi connectivity index (χ0) is 20.0. The SMILES string of the molecule is CC(=O)NCc1cc2n(n1)CCN(C(=O)[C@@H]1CCCc3c1[nH]c1ccccc31)C2. The lowest BCUT2D eigenvalue weighted by atomic mass is 9.85. The molecule has 3 aromatic rings. The van der Waals surface area contributed by atoms with Crippen molar-refractivity contribution in [2.45, 2.75) is 51.7 Å². The van der Waals surface area contributed by atoms with Crippen molar-refractivity contribution in [2.75, 3.05) is 6.54 Å². The maximum absolute atomic E-state index is 13.4. The number of rotatable bonds is 3. The van der Waals surface area contributed by atoms with Crippen LogP contribution in [0.4, 0.5) is 0 Å². The zero-order valence-electron chi connectivity index (χ0n) is 16.6. The van der Waals surface area contributed by atoms with Gasteiger partial charge in [-0.2, -0.15) is 5.10 Å². The quantitative estimate of drug-likeness (QED) is 0.719. The molecule has 3 heterocycles. The molecule has 150 valence electrons. The number of nitrogens with zero attached hydrogens (tertiary/aromatic N) is 3. The highest BCUT2D eigenvalue weighted by molar-refractivity contribution is 5.90. The van der Waals surface area contributed by atoms with Crippen LogP contribution in [0.25, 0.3) is 10.9 Å². The van der Waals surface area contributed by atoms with Crippen molar-refractivity contribution in [3.63, 3.8) is 0 Å². The van der Waals surface area contributed by atoms with E-state index in [4.69, 9.17) is 0 Å². The molecule has 1 aliphatic carbocycles. The van der Waals surface area contributed by atoms with Gasteiger partial charge in [-0.1, -0.05) is 18.2 Å². The minimum Gasteiger partial charge on any atom is -0.357 e. The molecule has 0 saturated heterocycles. The van der Waals surface area contributed by atoms with E-state index in [1.807, 2.05) is 21.7 Å². The number of hydrogen-bond donors (Lipinski definition) is 2. The Bertz CT molecular complexity index is 1100. The molecular formula is C22H25N5O2. The van der Waals surface area contributed by atoms with Crippen LogP contribution in [0.15, 0.2) is 30.3 Å². The molecule has 2 aromatic heterocycles. The van der Waals surface area contributed by atoms with Crippen molar-refractivity contribution in [2.24, 2.45) is 0 Å². The molecule has 0 bridgehead atoms. The van der Waals surface area contributed by atoms with E-state index in [1.165, 1.54) is 17.9 Å². The fraction of sp³-hybridized carbons (Fsp3) is 0.409. The molecular weight excluding hydrogens is 366 g/mol. The Morgan fingerprint density at radius 2 is 2.14 bits per heavy atom. The summed E-state index contributed by atoms with van der Waals surface area (Å²) in [5, 5.41) is 8.58. The molecule has 7 heteroatoms. The Balaban J connectivity index is 1.37. The first-order valence-corrected chi connectivity index (χ1v) is 10.3. The molecule has 7 nitrogen and oxygen atoms in total. The van der Waals surface area contributed by atoms with Crippen molar-refractivity contribution in [1.82, 2.24) is 25.0 Å². The molecule has 0 fully saturated rings. The first-order chi connectivity index (χ1) is 14.1. The van der Waals surface area contributed by atoms with Crippen LogP contribution in [-0.4, -0.2) is 38.0 Å². The van der Waals surface area contributed by atoms with Gasteiger partial charge in [0.15, 0.2) is 0 Å². The van der Waals surface area contributed by atoms with E-state index in [0.717, 1.165) is 41.9 Å². The van der Waals surface area contributed by atoms with Crippen molar-refractivity contribution >= 4 is 22.7 Å². The lowest BCUT2D eigenvalue weighted by molar-refractivity contribution is -0.134. The Kier molecular flexibility index (Phi) is 4.38. The van der Waals surface area contributed by atoms with Gasteiger partial charge in [0.25, 0.3) is 0 Å². The van der Waals surface area contributed by atoms with E-state index >= 15 is 0 Å². The lowest BCUT2D eigenvalue weighted by Crippen LogP contribution is -2.41. The molecule has 2 amide bonds. The van der Waals surface area contributed by atoms with Crippen molar-refractivity contribution in [3.05, 3.63) is 53.0 Å². The van der Waals surface area contributed by atoms with Gasteiger partial charge in [-0.15, -0.1) is 0 Å². The average molecular weight is 391 g/mol. The van der Waals surface area contributed by atoms with Gasteiger partial charge in [-0.3, -0.25) is 14.3 Å². The summed E-state index contributed by atoms with van der Waals surface area (Å²) >= 11 is 0. The molecule has 5 rings (SSSR count). The number of carbonyl (C=O) groups excluding carboxylic acids is 2. The summed E-state index contributed by atoms with van der Waals surface area (Å²) in [5.74, 6) is 0.0343. The van der Waals surface area contributed by atoms with Crippen LogP contribution in [0.2, 0.25) is 0 Å². The first-order valence-electron chi connectivity index (χ1n) is 10.3. The number of amides is 2. The molecule has 0 saturated carbocycles. The van der Waals surface area contributed by atoms with Crippen molar-refractivity contribution in [3.8, 4) is 0 Å². The van der Waals surface area contributed by atoms with Gasteiger partial charge < -0.3 is 15.2 Å². The summed E-state index contributed by atoms with van der Waals surface area (Å²) in [6.07, 6.45) is 2.96. The number of nitrogens with one attached hydrogen (secondary N) is 2. The number of hydrogen-bond acceptors (Lipinski definition) is 3. The second-order valence-corrected chi connectivity index (χ2v) is 8.03. The van der Waals surface area contributed by atoms with Crippen LogP contribution >= 0.6 is 0 Å². The van der Waals surface area contributed by atoms with E-state index in [1.54, 1.807) is 0 Å². The summed E-state index contributed by atoms with van der Waals surface area (Å²) in [6, 6.07) is 10.3. The summed E-state index contributed by atoms with van der Waals surface area (Å²) in [7, 11) is 0. The van der Waals surface area contributed by atoms with E-state index in [0.29, 0.717) is 26.2 Å². The second-order valence-electron chi connectivity index (χ2n) is 8.03. The fourth-order valence-corrected chi connectivity index (χ4v) is 4.70. The largest absolute Gasteiger partial charge is 0.357 e. The third-order valence-corrected chi connectivity index (χ3v) is 6.09. The monoisotopic (exact) mass is 391 g/mol. The van der Waals surface area contributed by atoms with E-state index < -0.39 is 0 Å². The van der Waals surface area contributed by atoms with Gasteiger partial charge in [0.1, 0.15) is 0 Å². The number of para-hydroxylation sites is 1. The Morgan fingerprint density at radius 3 is 3.00 bits per heavy atom. The van der Waals surface area contributed by atoms with Gasteiger partial charge >= 0.3 is 0 Å². The van der Waals surface area contributed by atoms with Crippen molar-refractivity contribution < 1.29 is 9.59 Å². The highest BCUT2D eigenvalue weighted by Crippen LogP contribution is 2.37. The van der Waals surface area contributed by atoms with E-state index in [-0.39, 0.29) is 17.7 Å². The first kappa shape index (κ1) is 18.0. The minimum absolute atomic E-state index is 0.0702. The molecule has 0 unspecified atom stereocenters. The predicted octanol–water partition coefficient (Wildman–Crippen LogP) is 2.46. The Hall–Kier alpha value is -3.09. The summed E-state index contributed by atoms with van der Waals surface area (Å²) in [5.41, 5.74) is 5.40. The van der Waals surface area contributed by atoms with Crippen LogP contribution in [0.1, 0.15) is 48.3 Å². The van der Waals surface area contributed by atoms with Crippen molar-refractivity contribution in [1.29, 1.82) is 0 Å². The molecule has 2 N–H and O–H groups in total. The molecule has 29 heavy (non-hydrogen) atoms. The van der Waals surface area contributed by atoms with Gasteiger partial charge in [0, 0.05) is 30.1 Å². The topological polar surface area (TPSA) is 83.0 Å². The average Bonchev–Trinajstić information content (AvgIpc) is 3.31. The summed E-state index contributed by atoms with van der Waals surface area (Å²) in [6.45, 7) is 3.84. The number of fused-ring (bicyclic) bond motifs is 4. The second kappa shape index (κ2) is 7.06. The van der Waals surface area contributed by atoms with Crippen LogP contribution in [0.5, 0.6) is 0 Å². The third kappa shape index (κ3) is 3.20. The van der Waals surface area contributed by atoms with Gasteiger partial charge in [-0.25, -0.2) is 0 Å². The maximum Gasteiger partial charge on any atom is 0.232 e. The molecule has 0 spiro atoms. The van der Waals surface area contributed by atoms with Crippen LogP contribution < -0.4 is 5.32 Å². The number of benzene rings is 1.